The second-order valence-corrected chi connectivity index (χ2v) is 5.49. The monoisotopic (exact) mass is 242 g/mol. The van der Waals surface area contributed by atoms with Crippen molar-refractivity contribution in [3.63, 3.8) is 0 Å². The van der Waals surface area contributed by atoms with E-state index in [1.807, 2.05) is 11.3 Å². The molecule has 0 fully saturated rings. The summed E-state index contributed by atoms with van der Waals surface area (Å²) in [6, 6.07) is 5.00. The van der Waals surface area contributed by atoms with E-state index in [1.165, 1.54) is 9.75 Å². The molecule has 2 unspecified atom stereocenters. The predicted octanol–water partition coefficient (Wildman–Crippen LogP) is 2.02. The first-order chi connectivity index (χ1) is 7.60. The van der Waals surface area contributed by atoms with Gasteiger partial charge in [0.15, 0.2) is 0 Å². The lowest BCUT2D eigenvalue weighted by Gasteiger charge is -2.31. The van der Waals surface area contributed by atoms with Crippen molar-refractivity contribution in [2.75, 3.05) is 27.3 Å². The van der Waals surface area contributed by atoms with Crippen LogP contribution in [0.5, 0.6) is 0 Å². The highest BCUT2D eigenvalue weighted by molar-refractivity contribution is 7.12. The molecule has 0 aliphatic carbocycles. The lowest BCUT2D eigenvalue weighted by atomic mass is 10.1. The van der Waals surface area contributed by atoms with Gasteiger partial charge >= 0.3 is 0 Å². The van der Waals surface area contributed by atoms with Crippen molar-refractivity contribution >= 4 is 11.3 Å². The number of ether oxygens (including phenoxy) is 1. The Hall–Kier alpha value is -0.420. The van der Waals surface area contributed by atoms with Crippen LogP contribution in [0.15, 0.2) is 12.1 Å². The van der Waals surface area contributed by atoms with E-state index in [2.05, 4.69) is 37.9 Å². The minimum atomic E-state index is 0.295. The molecule has 3 nitrogen and oxygen atoms in total. The molecule has 1 rings (SSSR count). The minimum Gasteiger partial charge on any atom is -0.383 e. The Morgan fingerprint density at radius 1 is 1.50 bits per heavy atom. The third-order valence-electron chi connectivity index (χ3n) is 2.91. The largest absolute Gasteiger partial charge is 0.383 e. The minimum absolute atomic E-state index is 0.295. The van der Waals surface area contributed by atoms with Crippen molar-refractivity contribution in [2.24, 2.45) is 5.73 Å². The molecular weight excluding hydrogens is 220 g/mol. The molecule has 2 N–H and O–H groups in total. The SMILES string of the molecule is COCC(C)N(C)C(CN)c1ccc(C)s1. The highest BCUT2D eigenvalue weighted by Gasteiger charge is 2.21. The fourth-order valence-corrected chi connectivity index (χ4v) is 2.82. The third-order valence-corrected chi connectivity index (χ3v) is 4.01. The van der Waals surface area contributed by atoms with E-state index in [4.69, 9.17) is 10.5 Å². The average molecular weight is 242 g/mol. The van der Waals surface area contributed by atoms with Crippen LogP contribution in [0.4, 0.5) is 0 Å². The van der Waals surface area contributed by atoms with Crippen LogP contribution in [0.2, 0.25) is 0 Å². The molecule has 0 aromatic carbocycles. The van der Waals surface area contributed by atoms with Gasteiger partial charge < -0.3 is 10.5 Å². The van der Waals surface area contributed by atoms with E-state index in [1.54, 1.807) is 7.11 Å². The predicted molar refractivity (Wildman–Crippen MR) is 70.0 cm³/mol. The first-order valence-electron chi connectivity index (χ1n) is 5.57. The Balaban J connectivity index is 2.73. The van der Waals surface area contributed by atoms with Crippen LogP contribution in [0.1, 0.15) is 22.7 Å². The van der Waals surface area contributed by atoms with Crippen LogP contribution in [-0.2, 0) is 4.74 Å². The maximum Gasteiger partial charge on any atom is 0.0615 e. The van der Waals surface area contributed by atoms with Gasteiger partial charge in [-0.25, -0.2) is 0 Å². The summed E-state index contributed by atoms with van der Waals surface area (Å²) in [4.78, 5) is 4.96. The lowest BCUT2D eigenvalue weighted by molar-refractivity contribution is 0.0920. The topological polar surface area (TPSA) is 38.5 Å². The summed E-state index contributed by atoms with van der Waals surface area (Å²) >= 11 is 1.82. The Bertz CT molecular complexity index is 314. The van der Waals surface area contributed by atoms with E-state index in [-0.39, 0.29) is 0 Å². The molecule has 0 radical (unpaired) electrons. The summed E-state index contributed by atoms with van der Waals surface area (Å²) in [5, 5.41) is 0. The molecule has 0 saturated carbocycles. The molecule has 92 valence electrons. The number of hydrogen-bond donors (Lipinski definition) is 1. The van der Waals surface area contributed by atoms with Crippen LogP contribution in [0.3, 0.4) is 0 Å². The Kier molecular flexibility index (Phi) is 5.41. The number of rotatable bonds is 6. The number of likely N-dealkylation sites (N-methyl/N-ethyl adjacent to an activating group) is 1. The van der Waals surface area contributed by atoms with Crippen LogP contribution in [-0.4, -0.2) is 38.3 Å². The van der Waals surface area contributed by atoms with E-state index < -0.39 is 0 Å². The maximum absolute atomic E-state index is 5.87. The van der Waals surface area contributed by atoms with Gasteiger partial charge in [0.25, 0.3) is 0 Å². The molecule has 4 heteroatoms. The zero-order valence-corrected chi connectivity index (χ0v) is 11.4. The Labute approximate surface area is 102 Å². The average Bonchev–Trinajstić information content (AvgIpc) is 2.66. The van der Waals surface area contributed by atoms with Crippen molar-refractivity contribution in [2.45, 2.75) is 25.9 Å². The van der Waals surface area contributed by atoms with Gasteiger partial charge in [0.05, 0.1) is 12.6 Å². The molecule has 1 aromatic heterocycles. The fraction of sp³-hybridized carbons (Fsp3) is 0.667. The molecule has 0 bridgehead atoms. The van der Waals surface area contributed by atoms with Gasteiger partial charge in [-0.1, -0.05) is 0 Å². The summed E-state index contributed by atoms with van der Waals surface area (Å²) < 4.78 is 5.18. The molecule has 1 aromatic rings. The fourth-order valence-electron chi connectivity index (χ4n) is 1.78. The van der Waals surface area contributed by atoms with Crippen LogP contribution in [0, 0.1) is 6.92 Å². The second-order valence-electron chi connectivity index (χ2n) is 4.17. The normalized spacial score (nSPS) is 15.4. The Morgan fingerprint density at radius 3 is 2.62 bits per heavy atom. The van der Waals surface area contributed by atoms with Gasteiger partial charge in [-0.2, -0.15) is 0 Å². The standard InChI is InChI=1S/C12H22N2OS/c1-9(8-15-4)14(3)11(7-13)12-6-5-10(2)16-12/h5-6,9,11H,7-8,13H2,1-4H3. The lowest BCUT2D eigenvalue weighted by Crippen LogP contribution is -2.38. The van der Waals surface area contributed by atoms with Crippen molar-refractivity contribution in [1.29, 1.82) is 0 Å². The molecule has 0 aliphatic rings. The number of aryl methyl sites for hydroxylation is 1. The van der Waals surface area contributed by atoms with Gasteiger partial charge in [0.1, 0.15) is 0 Å². The molecule has 1 heterocycles. The summed E-state index contributed by atoms with van der Waals surface area (Å²) in [5.74, 6) is 0. The molecule has 0 amide bonds. The summed E-state index contributed by atoms with van der Waals surface area (Å²) in [7, 11) is 3.84. The number of methoxy groups -OCH3 is 1. The summed E-state index contributed by atoms with van der Waals surface area (Å²) in [6.45, 7) is 5.66. The number of nitrogens with two attached hydrogens (primary N) is 1. The van der Waals surface area contributed by atoms with E-state index in [0.717, 1.165) is 6.61 Å². The zero-order valence-electron chi connectivity index (χ0n) is 10.6. The van der Waals surface area contributed by atoms with Gasteiger partial charge in [-0.05, 0) is 33.0 Å². The highest BCUT2D eigenvalue weighted by Crippen LogP contribution is 2.27. The third kappa shape index (κ3) is 3.28. The molecule has 16 heavy (non-hydrogen) atoms. The quantitative estimate of drug-likeness (QED) is 0.829. The Morgan fingerprint density at radius 2 is 2.19 bits per heavy atom. The van der Waals surface area contributed by atoms with Crippen LogP contribution in [0.25, 0.3) is 0 Å². The molecule has 0 aliphatic heterocycles. The zero-order chi connectivity index (χ0) is 12.1. The molecule has 0 spiro atoms. The number of hydrogen-bond acceptors (Lipinski definition) is 4. The van der Waals surface area contributed by atoms with E-state index in [0.29, 0.717) is 18.6 Å². The highest BCUT2D eigenvalue weighted by atomic mass is 32.1. The van der Waals surface area contributed by atoms with Crippen molar-refractivity contribution < 1.29 is 4.74 Å². The van der Waals surface area contributed by atoms with Crippen molar-refractivity contribution in [3.05, 3.63) is 21.9 Å². The van der Waals surface area contributed by atoms with E-state index in [9.17, 15) is 0 Å². The second kappa shape index (κ2) is 6.35. The van der Waals surface area contributed by atoms with Gasteiger partial charge in [-0.15, -0.1) is 11.3 Å². The van der Waals surface area contributed by atoms with Gasteiger partial charge in [-0.3, -0.25) is 4.90 Å². The summed E-state index contributed by atoms with van der Waals surface area (Å²) in [5.41, 5.74) is 5.87. The van der Waals surface area contributed by atoms with Gasteiger partial charge in [0.2, 0.25) is 0 Å². The van der Waals surface area contributed by atoms with E-state index >= 15 is 0 Å². The first-order valence-corrected chi connectivity index (χ1v) is 6.39. The number of nitrogens with zero attached hydrogens (tertiary/aromatic N) is 1. The van der Waals surface area contributed by atoms with Crippen molar-refractivity contribution in [1.82, 2.24) is 4.90 Å². The van der Waals surface area contributed by atoms with Crippen LogP contribution < -0.4 is 5.73 Å². The molecule has 0 saturated heterocycles. The van der Waals surface area contributed by atoms with Gasteiger partial charge in [0, 0.05) is 29.5 Å². The summed E-state index contributed by atoms with van der Waals surface area (Å²) in [6.07, 6.45) is 0. The first kappa shape index (κ1) is 13.6. The maximum atomic E-state index is 5.87. The number of thiophene rings is 1. The molecular formula is C12H22N2OS. The smallest absolute Gasteiger partial charge is 0.0615 e. The van der Waals surface area contributed by atoms with Crippen molar-refractivity contribution in [3.8, 4) is 0 Å². The van der Waals surface area contributed by atoms with Crippen LogP contribution >= 0.6 is 11.3 Å². The molecule has 2 atom stereocenters.